The molecule has 4 aromatic rings. The largest absolute Gasteiger partial charge is 0.326 e. The number of para-hydroxylation sites is 2. The highest BCUT2D eigenvalue weighted by atomic mass is 16.2. The third kappa shape index (κ3) is 5.05. The number of hydrogen-bond donors (Lipinski definition) is 2. The van der Waals surface area contributed by atoms with Crippen LogP contribution in [0, 0.1) is 6.92 Å². The fraction of sp³-hybridized carbons (Fsp3) is 0.241. The van der Waals surface area contributed by atoms with Crippen molar-refractivity contribution in [1.82, 2.24) is 9.55 Å². The van der Waals surface area contributed by atoms with Gasteiger partial charge in [0.25, 0.3) is 5.56 Å². The summed E-state index contributed by atoms with van der Waals surface area (Å²) >= 11 is 0. The molecule has 4 rings (SSSR count). The smallest absolute Gasteiger partial charge is 0.278 e. The molecule has 0 aliphatic heterocycles. The molecule has 1 aromatic heterocycles. The number of aromatic nitrogens is 2. The standard InChI is InChI=1S/C29H30N4O3/c1-5-20-12-14-21(15-13-20)31-28(35)25(6-2)33-26-10-8-7-9-24(26)32-27(29(33)36)22-17-18(3)11-16-23(22)30-19(4)34/h7-17,25H,5-6H2,1-4H3,(H,30,34)(H,31,35). The van der Waals surface area contributed by atoms with E-state index in [1.165, 1.54) is 17.1 Å². The summed E-state index contributed by atoms with van der Waals surface area (Å²) < 4.78 is 1.52. The maximum Gasteiger partial charge on any atom is 0.278 e. The summed E-state index contributed by atoms with van der Waals surface area (Å²) in [5.74, 6) is -0.529. The van der Waals surface area contributed by atoms with Crippen LogP contribution in [0.15, 0.2) is 71.5 Å². The first-order valence-corrected chi connectivity index (χ1v) is 12.1. The van der Waals surface area contributed by atoms with Crippen LogP contribution < -0.4 is 16.2 Å². The first kappa shape index (κ1) is 24.9. The summed E-state index contributed by atoms with van der Waals surface area (Å²) in [5.41, 5.74) is 4.72. The number of amides is 2. The number of carbonyl (C=O) groups is 2. The Kier molecular flexibility index (Phi) is 7.29. The van der Waals surface area contributed by atoms with E-state index in [0.29, 0.717) is 34.4 Å². The number of benzene rings is 3. The number of fused-ring (bicyclic) bond motifs is 1. The fourth-order valence-electron chi connectivity index (χ4n) is 4.33. The summed E-state index contributed by atoms with van der Waals surface area (Å²) in [5, 5.41) is 5.76. The molecule has 3 aromatic carbocycles. The SMILES string of the molecule is CCc1ccc(NC(=O)C(CC)n2c(=O)c(-c3cc(C)ccc3NC(C)=O)nc3ccccc32)cc1. The quantitative estimate of drug-likeness (QED) is 0.365. The van der Waals surface area contributed by atoms with Crippen molar-refractivity contribution in [1.29, 1.82) is 0 Å². The molecule has 2 N–H and O–H groups in total. The number of rotatable bonds is 7. The van der Waals surface area contributed by atoms with Crippen molar-refractivity contribution >= 4 is 34.2 Å². The van der Waals surface area contributed by atoms with Crippen LogP contribution in [0.25, 0.3) is 22.3 Å². The Balaban J connectivity index is 1.87. The number of aryl methyl sites for hydroxylation is 2. The summed E-state index contributed by atoms with van der Waals surface area (Å²) in [6.45, 7) is 7.28. The van der Waals surface area contributed by atoms with Gasteiger partial charge in [-0.3, -0.25) is 19.0 Å². The molecule has 0 bridgehead atoms. The van der Waals surface area contributed by atoms with Crippen LogP contribution in [0.2, 0.25) is 0 Å². The molecule has 0 spiro atoms. The third-order valence-electron chi connectivity index (χ3n) is 6.17. The molecule has 0 saturated carbocycles. The van der Waals surface area contributed by atoms with Crippen LogP contribution in [0.5, 0.6) is 0 Å². The van der Waals surface area contributed by atoms with Gasteiger partial charge in [0.1, 0.15) is 11.7 Å². The molecule has 0 fully saturated rings. The molecule has 0 aliphatic carbocycles. The van der Waals surface area contributed by atoms with E-state index in [4.69, 9.17) is 0 Å². The molecule has 1 unspecified atom stereocenters. The van der Waals surface area contributed by atoms with E-state index in [-0.39, 0.29) is 17.5 Å². The van der Waals surface area contributed by atoms with Gasteiger partial charge in [-0.15, -0.1) is 0 Å². The molecule has 184 valence electrons. The first-order valence-electron chi connectivity index (χ1n) is 12.1. The molecule has 2 amide bonds. The van der Waals surface area contributed by atoms with Crippen molar-refractivity contribution in [2.75, 3.05) is 10.6 Å². The predicted molar refractivity (Wildman–Crippen MR) is 144 cm³/mol. The Morgan fingerprint density at radius 3 is 2.36 bits per heavy atom. The zero-order chi connectivity index (χ0) is 25.8. The zero-order valence-electron chi connectivity index (χ0n) is 21.0. The van der Waals surface area contributed by atoms with Gasteiger partial charge >= 0.3 is 0 Å². The minimum Gasteiger partial charge on any atom is -0.326 e. The Labute approximate surface area is 210 Å². The van der Waals surface area contributed by atoms with E-state index in [1.54, 1.807) is 12.1 Å². The van der Waals surface area contributed by atoms with Crippen molar-refractivity contribution in [2.24, 2.45) is 0 Å². The number of carbonyl (C=O) groups excluding carboxylic acids is 2. The molecule has 36 heavy (non-hydrogen) atoms. The summed E-state index contributed by atoms with van der Waals surface area (Å²) in [4.78, 5) is 44.0. The Morgan fingerprint density at radius 2 is 1.69 bits per heavy atom. The topological polar surface area (TPSA) is 93.1 Å². The van der Waals surface area contributed by atoms with Gasteiger partial charge < -0.3 is 10.6 Å². The lowest BCUT2D eigenvalue weighted by molar-refractivity contribution is -0.119. The highest BCUT2D eigenvalue weighted by Crippen LogP contribution is 2.29. The van der Waals surface area contributed by atoms with Gasteiger partial charge in [-0.25, -0.2) is 4.98 Å². The van der Waals surface area contributed by atoms with Gasteiger partial charge in [0.15, 0.2) is 0 Å². The van der Waals surface area contributed by atoms with Crippen molar-refractivity contribution in [3.63, 3.8) is 0 Å². The summed E-state index contributed by atoms with van der Waals surface area (Å²) in [6.07, 6.45) is 1.31. The number of anilines is 2. The van der Waals surface area contributed by atoms with E-state index in [9.17, 15) is 14.4 Å². The first-order chi connectivity index (χ1) is 17.3. The van der Waals surface area contributed by atoms with Gasteiger partial charge in [0.05, 0.1) is 16.7 Å². The van der Waals surface area contributed by atoms with Crippen molar-refractivity contribution < 1.29 is 9.59 Å². The summed E-state index contributed by atoms with van der Waals surface area (Å²) in [7, 11) is 0. The monoisotopic (exact) mass is 482 g/mol. The zero-order valence-corrected chi connectivity index (χ0v) is 21.0. The molecule has 1 atom stereocenters. The average Bonchev–Trinajstić information content (AvgIpc) is 2.87. The van der Waals surface area contributed by atoms with Gasteiger partial charge in [-0.05, 0) is 61.7 Å². The van der Waals surface area contributed by atoms with Crippen LogP contribution >= 0.6 is 0 Å². The molecule has 0 radical (unpaired) electrons. The van der Waals surface area contributed by atoms with E-state index < -0.39 is 11.6 Å². The molecule has 0 aliphatic rings. The Hall–Kier alpha value is -4.26. The fourth-order valence-corrected chi connectivity index (χ4v) is 4.33. The highest BCUT2D eigenvalue weighted by molar-refractivity contribution is 5.96. The maximum absolute atomic E-state index is 14.0. The highest BCUT2D eigenvalue weighted by Gasteiger charge is 2.25. The molecule has 7 nitrogen and oxygen atoms in total. The van der Waals surface area contributed by atoms with Crippen LogP contribution in [-0.4, -0.2) is 21.4 Å². The maximum atomic E-state index is 14.0. The summed E-state index contributed by atoms with van der Waals surface area (Å²) in [6, 6.07) is 19.7. The predicted octanol–water partition coefficient (Wildman–Crippen LogP) is 5.48. The van der Waals surface area contributed by atoms with Gasteiger partial charge in [0, 0.05) is 18.2 Å². The van der Waals surface area contributed by atoms with Gasteiger partial charge in [0.2, 0.25) is 11.8 Å². The van der Waals surface area contributed by atoms with Crippen molar-refractivity contribution in [3.8, 4) is 11.3 Å². The second-order valence-corrected chi connectivity index (χ2v) is 8.82. The minimum absolute atomic E-state index is 0.180. The van der Waals surface area contributed by atoms with E-state index >= 15 is 0 Å². The Bertz CT molecular complexity index is 1490. The number of nitrogens with zero attached hydrogens (tertiary/aromatic N) is 2. The third-order valence-corrected chi connectivity index (χ3v) is 6.17. The van der Waals surface area contributed by atoms with Crippen molar-refractivity contribution in [3.05, 3.63) is 88.2 Å². The van der Waals surface area contributed by atoms with Crippen molar-refractivity contribution in [2.45, 2.75) is 46.6 Å². The lowest BCUT2D eigenvalue weighted by Crippen LogP contribution is -2.34. The molecule has 0 saturated heterocycles. The second-order valence-electron chi connectivity index (χ2n) is 8.82. The minimum atomic E-state index is -0.760. The molecular weight excluding hydrogens is 452 g/mol. The average molecular weight is 483 g/mol. The molecule has 7 heteroatoms. The lowest BCUT2D eigenvalue weighted by Gasteiger charge is -2.21. The number of hydrogen-bond acceptors (Lipinski definition) is 4. The van der Waals surface area contributed by atoms with Crippen LogP contribution in [-0.2, 0) is 16.0 Å². The van der Waals surface area contributed by atoms with Crippen LogP contribution in [0.4, 0.5) is 11.4 Å². The van der Waals surface area contributed by atoms with Gasteiger partial charge in [-0.1, -0.05) is 49.7 Å². The number of nitrogens with one attached hydrogen (secondary N) is 2. The van der Waals surface area contributed by atoms with Gasteiger partial charge in [-0.2, -0.15) is 0 Å². The van der Waals surface area contributed by atoms with Crippen LogP contribution in [0.1, 0.15) is 44.4 Å². The normalized spacial score (nSPS) is 11.8. The Morgan fingerprint density at radius 1 is 0.972 bits per heavy atom. The van der Waals surface area contributed by atoms with E-state index in [0.717, 1.165) is 12.0 Å². The molecule has 1 heterocycles. The van der Waals surface area contributed by atoms with E-state index in [2.05, 4.69) is 22.5 Å². The molecular formula is C29H30N4O3. The van der Waals surface area contributed by atoms with E-state index in [1.807, 2.05) is 68.4 Å². The van der Waals surface area contributed by atoms with Crippen LogP contribution in [0.3, 0.4) is 0 Å². The second kappa shape index (κ2) is 10.6. The lowest BCUT2D eigenvalue weighted by atomic mass is 10.0.